The summed E-state index contributed by atoms with van der Waals surface area (Å²) in [6, 6.07) is 7.48. The molecule has 0 spiro atoms. The van der Waals surface area contributed by atoms with Gasteiger partial charge in [-0.15, -0.1) is 0 Å². The Kier molecular flexibility index (Phi) is 6.94. The Balaban J connectivity index is 2.50. The number of rotatable bonds is 5. The van der Waals surface area contributed by atoms with Crippen LogP contribution >= 0.6 is 12.6 Å². The maximum absolute atomic E-state index is 11.8. The van der Waals surface area contributed by atoms with Crippen LogP contribution in [0.25, 0.3) is 0 Å². The van der Waals surface area contributed by atoms with Crippen LogP contribution in [0.4, 0.5) is 10.5 Å². The quantitative estimate of drug-likeness (QED) is 0.548. The summed E-state index contributed by atoms with van der Waals surface area (Å²) in [5.41, 5.74) is 2.97. The summed E-state index contributed by atoms with van der Waals surface area (Å²) in [6.07, 6.45) is 5.90. The van der Waals surface area contributed by atoms with E-state index in [9.17, 15) is 4.79 Å². The molecule has 2 N–H and O–H groups in total. The molecular formula is C16H22N2OS. The lowest BCUT2D eigenvalue weighted by atomic mass is 10.1. The van der Waals surface area contributed by atoms with Crippen LogP contribution in [0.5, 0.6) is 0 Å². The smallest absolute Gasteiger partial charge is 0.319 e. The molecule has 0 bridgehead atoms. The van der Waals surface area contributed by atoms with Crippen molar-refractivity contribution in [3.05, 3.63) is 53.6 Å². The van der Waals surface area contributed by atoms with E-state index >= 15 is 0 Å². The van der Waals surface area contributed by atoms with E-state index in [1.165, 1.54) is 0 Å². The van der Waals surface area contributed by atoms with Crippen molar-refractivity contribution in [2.45, 2.75) is 26.0 Å². The van der Waals surface area contributed by atoms with Gasteiger partial charge in [0.05, 0.1) is 0 Å². The maximum Gasteiger partial charge on any atom is 0.319 e. The highest BCUT2D eigenvalue weighted by Crippen LogP contribution is 2.20. The highest BCUT2D eigenvalue weighted by molar-refractivity contribution is 7.80. The zero-order chi connectivity index (χ0) is 15.0. The summed E-state index contributed by atoms with van der Waals surface area (Å²) in [5, 5.41) is 5.81. The number of hydrogen-bond acceptors (Lipinski definition) is 2. The van der Waals surface area contributed by atoms with Crippen molar-refractivity contribution in [1.29, 1.82) is 0 Å². The van der Waals surface area contributed by atoms with E-state index < -0.39 is 0 Å². The van der Waals surface area contributed by atoms with E-state index in [-0.39, 0.29) is 11.3 Å². The molecule has 2 amide bonds. The topological polar surface area (TPSA) is 41.1 Å². The largest absolute Gasteiger partial charge is 0.334 e. The Labute approximate surface area is 126 Å². The van der Waals surface area contributed by atoms with Gasteiger partial charge >= 0.3 is 6.03 Å². The zero-order valence-corrected chi connectivity index (χ0v) is 13.1. The zero-order valence-electron chi connectivity index (χ0n) is 12.2. The fourth-order valence-corrected chi connectivity index (χ4v) is 1.85. The molecule has 1 aromatic rings. The number of nitrogens with one attached hydrogen (secondary N) is 2. The number of benzene rings is 1. The van der Waals surface area contributed by atoms with Crippen molar-refractivity contribution in [3.8, 4) is 0 Å². The minimum Gasteiger partial charge on any atom is -0.334 e. The second kappa shape index (κ2) is 8.48. The van der Waals surface area contributed by atoms with Crippen molar-refractivity contribution >= 4 is 24.3 Å². The summed E-state index contributed by atoms with van der Waals surface area (Å²) in [4.78, 5) is 11.8. The fourth-order valence-electron chi connectivity index (χ4n) is 1.67. The number of allylic oxidation sites excluding steroid dienone is 2. The molecule has 0 fully saturated rings. The number of carbonyl (C=O) groups is 1. The van der Waals surface area contributed by atoms with E-state index in [1.807, 2.05) is 63.3 Å². The van der Waals surface area contributed by atoms with Gasteiger partial charge in [-0.3, -0.25) is 0 Å². The summed E-state index contributed by atoms with van der Waals surface area (Å²) in [6.45, 7) is 6.43. The van der Waals surface area contributed by atoms with Gasteiger partial charge in [0.15, 0.2) is 0 Å². The highest BCUT2D eigenvalue weighted by atomic mass is 32.1. The summed E-state index contributed by atoms with van der Waals surface area (Å²) < 4.78 is 0. The van der Waals surface area contributed by atoms with Crippen molar-refractivity contribution in [1.82, 2.24) is 5.32 Å². The number of thiol groups is 1. The van der Waals surface area contributed by atoms with Gasteiger partial charge in [0.25, 0.3) is 0 Å². The predicted molar refractivity (Wildman–Crippen MR) is 89.4 cm³/mol. The molecule has 108 valence electrons. The van der Waals surface area contributed by atoms with Gasteiger partial charge in [-0.05, 0) is 44.0 Å². The molecule has 1 atom stereocenters. The average Bonchev–Trinajstić information content (AvgIpc) is 2.44. The number of amides is 2. The van der Waals surface area contributed by atoms with Gasteiger partial charge < -0.3 is 10.6 Å². The molecule has 20 heavy (non-hydrogen) atoms. The third-order valence-corrected chi connectivity index (χ3v) is 3.15. The predicted octanol–water partition coefficient (Wildman–Crippen LogP) is 4.32. The Morgan fingerprint density at radius 3 is 2.45 bits per heavy atom. The SMILES string of the molecule is CC=CC(=CC)CNC(=O)Nc1ccc(C(C)S)cc1. The lowest BCUT2D eigenvalue weighted by Gasteiger charge is -2.09. The van der Waals surface area contributed by atoms with Gasteiger partial charge in [-0.2, -0.15) is 12.6 Å². The van der Waals surface area contributed by atoms with Gasteiger partial charge in [-0.1, -0.05) is 30.4 Å². The normalized spacial score (nSPS) is 13.3. The second-order valence-corrected chi connectivity index (χ2v) is 5.24. The number of carbonyl (C=O) groups excluding carboxylic acids is 1. The van der Waals surface area contributed by atoms with Crippen LogP contribution in [0.15, 0.2) is 48.1 Å². The molecule has 0 aliphatic carbocycles. The average molecular weight is 290 g/mol. The Morgan fingerprint density at radius 2 is 1.95 bits per heavy atom. The lowest BCUT2D eigenvalue weighted by molar-refractivity contribution is 0.253. The number of urea groups is 1. The van der Waals surface area contributed by atoms with Crippen molar-refractivity contribution in [2.24, 2.45) is 0 Å². The monoisotopic (exact) mass is 290 g/mol. The van der Waals surface area contributed by atoms with Crippen LogP contribution in [0.1, 0.15) is 31.6 Å². The molecule has 0 saturated carbocycles. The van der Waals surface area contributed by atoms with Crippen LogP contribution in [0.2, 0.25) is 0 Å². The first-order valence-corrected chi connectivity index (χ1v) is 7.19. The first kappa shape index (κ1) is 16.4. The molecule has 4 heteroatoms. The van der Waals surface area contributed by atoms with Gasteiger partial charge in [0, 0.05) is 17.5 Å². The van der Waals surface area contributed by atoms with Crippen LogP contribution in [-0.4, -0.2) is 12.6 Å². The summed E-state index contributed by atoms with van der Waals surface area (Å²) in [7, 11) is 0. The first-order chi connectivity index (χ1) is 9.56. The molecular weight excluding hydrogens is 268 g/mol. The van der Waals surface area contributed by atoms with Crippen LogP contribution in [-0.2, 0) is 0 Å². The highest BCUT2D eigenvalue weighted by Gasteiger charge is 2.03. The molecule has 0 heterocycles. The summed E-state index contributed by atoms with van der Waals surface area (Å²) in [5.74, 6) is 0. The fraction of sp³-hybridized carbons (Fsp3) is 0.312. The van der Waals surface area contributed by atoms with Gasteiger partial charge in [-0.25, -0.2) is 4.79 Å². The molecule has 0 aliphatic rings. The molecule has 0 aromatic heterocycles. The van der Waals surface area contributed by atoms with Crippen molar-refractivity contribution in [2.75, 3.05) is 11.9 Å². The van der Waals surface area contributed by atoms with Crippen molar-refractivity contribution < 1.29 is 4.79 Å². The Hall–Kier alpha value is -1.68. The summed E-state index contributed by atoms with van der Waals surface area (Å²) >= 11 is 4.37. The van der Waals surface area contributed by atoms with Crippen molar-refractivity contribution in [3.63, 3.8) is 0 Å². The van der Waals surface area contributed by atoms with Crippen LogP contribution in [0, 0.1) is 0 Å². The molecule has 0 saturated heterocycles. The molecule has 0 aliphatic heterocycles. The molecule has 1 unspecified atom stereocenters. The second-order valence-electron chi connectivity index (χ2n) is 4.47. The maximum atomic E-state index is 11.8. The molecule has 1 rings (SSSR count). The molecule has 1 aromatic carbocycles. The van der Waals surface area contributed by atoms with Gasteiger partial charge in [0.1, 0.15) is 0 Å². The first-order valence-electron chi connectivity index (χ1n) is 6.67. The van der Waals surface area contributed by atoms with Gasteiger partial charge in [0.2, 0.25) is 0 Å². The number of anilines is 1. The van der Waals surface area contributed by atoms with E-state index in [0.29, 0.717) is 6.54 Å². The molecule has 0 radical (unpaired) electrons. The van der Waals surface area contributed by atoms with Crippen LogP contribution in [0.3, 0.4) is 0 Å². The third-order valence-electron chi connectivity index (χ3n) is 2.86. The van der Waals surface area contributed by atoms with Crippen LogP contribution < -0.4 is 10.6 Å². The minimum absolute atomic E-state index is 0.191. The third kappa shape index (κ3) is 5.53. The Morgan fingerprint density at radius 1 is 1.30 bits per heavy atom. The lowest BCUT2D eigenvalue weighted by Crippen LogP contribution is -2.30. The van der Waals surface area contributed by atoms with E-state index in [2.05, 4.69) is 23.3 Å². The number of hydrogen-bond donors (Lipinski definition) is 3. The van der Waals surface area contributed by atoms with E-state index in [0.717, 1.165) is 16.8 Å². The van der Waals surface area contributed by atoms with E-state index in [4.69, 9.17) is 0 Å². The molecule has 3 nitrogen and oxygen atoms in total. The Bertz CT molecular complexity index is 490. The minimum atomic E-state index is -0.208. The standard InChI is InChI=1S/C16H22N2OS/c1-4-6-13(5-2)11-17-16(19)18-15-9-7-14(8-10-15)12(3)20/h4-10,12,20H,11H2,1-3H3,(H2,17,18,19). The van der Waals surface area contributed by atoms with E-state index in [1.54, 1.807) is 0 Å².